The Labute approximate surface area is 72.7 Å². The zero-order valence-electron chi connectivity index (χ0n) is 3.48. The van der Waals surface area contributed by atoms with Gasteiger partial charge in [0.15, 0.2) is 0 Å². The molecule has 3 nitrogen and oxygen atoms in total. The molecule has 0 unspecified atom stereocenters. The number of rotatable bonds is 0. The molecule has 40 valence electrons. The Morgan fingerprint density at radius 2 is 1.29 bits per heavy atom. The summed E-state index contributed by atoms with van der Waals surface area (Å²) in [6.07, 6.45) is 0. The van der Waals surface area contributed by atoms with Crippen LogP contribution in [0.1, 0.15) is 0 Å². The van der Waals surface area contributed by atoms with Gasteiger partial charge in [-0.2, -0.15) is 0 Å². The van der Waals surface area contributed by atoms with Crippen molar-refractivity contribution in [1.82, 2.24) is 0 Å². The summed E-state index contributed by atoms with van der Waals surface area (Å²) in [4.78, 5) is 9.00. The van der Waals surface area contributed by atoms with E-state index in [9.17, 15) is 0 Å². The number of hydrogen-bond acceptors (Lipinski definition) is 1. The van der Waals surface area contributed by atoms with Crippen molar-refractivity contribution in [3.05, 3.63) is 13.2 Å². The van der Waals surface area contributed by atoms with Crippen LogP contribution in [0.25, 0.3) is 0 Å². The maximum absolute atomic E-state index is 9.00. The average molecular weight is 130 g/mol. The molecule has 4 N–H and O–H groups in total. The zero-order chi connectivity index (χ0) is 5.58. The first-order chi connectivity index (χ1) is 2.73. The number of carbonyl (C=O) groups excluding carboxylic acids is 1. The Balaban J connectivity index is -0.0000000480. The van der Waals surface area contributed by atoms with E-state index in [0.717, 1.165) is 0 Å². The van der Waals surface area contributed by atoms with Crippen LogP contribution in [0.2, 0.25) is 0 Å². The second-order valence-electron chi connectivity index (χ2n) is 0.402. The Hall–Kier alpha value is 0.270. The summed E-state index contributed by atoms with van der Waals surface area (Å²) < 4.78 is 0. The van der Waals surface area contributed by atoms with Gasteiger partial charge in [-0.3, -0.25) is 0 Å². The third kappa shape index (κ3) is 1570. The Morgan fingerprint density at radius 1 is 1.29 bits per heavy atom. The molecule has 0 fully saturated rings. The van der Waals surface area contributed by atoms with E-state index in [0.29, 0.717) is 0 Å². The van der Waals surface area contributed by atoms with Crippen molar-refractivity contribution in [2.24, 2.45) is 11.5 Å². The van der Waals surface area contributed by atoms with Crippen LogP contribution >= 0.6 is 0 Å². The van der Waals surface area contributed by atoms with Crippen LogP contribution in [0.15, 0.2) is 13.2 Å². The van der Waals surface area contributed by atoms with Gasteiger partial charge in [0.05, 0.1) is 0 Å². The molecule has 0 saturated heterocycles. The molecule has 0 aromatic carbocycles. The summed E-state index contributed by atoms with van der Waals surface area (Å²) in [5.74, 6) is 0. The molecule has 0 heterocycles. The third-order valence-corrected chi connectivity index (χ3v) is 0. The molecule has 0 aliphatic carbocycles. The minimum atomic E-state index is -0.833. The fourth-order valence-electron chi connectivity index (χ4n) is 0. The predicted octanol–water partition coefficient (Wildman–Crippen LogP) is -1.09. The number of nitrogens with two attached hydrogens (primary N) is 2. The van der Waals surface area contributed by atoms with Crippen molar-refractivity contribution in [1.29, 1.82) is 0 Å². The number of carbonyl (C=O) groups is 1. The van der Waals surface area contributed by atoms with Crippen molar-refractivity contribution in [2.45, 2.75) is 0 Å². The summed E-state index contributed by atoms with van der Waals surface area (Å²) >= 11 is 0. The first kappa shape index (κ1) is 15.7. The second kappa shape index (κ2) is 16.3. The van der Waals surface area contributed by atoms with E-state index < -0.39 is 6.03 Å². The van der Waals surface area contributed by atoms with Gasteiger partial charge in [0.25, 0.3) is 0 Å². The standard InChI is InChI=1S/C2H4.CH4N2O.Ca.2H/c1-2;2-1(3)4;;;/h1-2H2;(H4,2,3,4);;;. The SMILES string of the molecule is C=C.NC(N)=O.[CaH2]. The van der Waals surface area contributed by atoms with E-state index in [1.165, 1.54) is 0 Å². The van der Waals surface area contributed by atoms with Gasteiger partial charge in [-0.1, -0.05) is 0 Å². The first-order valence-corrected chi connectivity index (χ1v) is 1.28. The average Bonchev–Trinajstić information content (AvgIpc) is 1.41. The third-order valence-electron chi connectivity index (χ3n) is 0. The molecule has 0 spiro atoms. The quantitative estimate of drug-likeness (QED) is 0.317. The van der Waals surface area contributed by atoms with Crippen LogP contribution in [0.3, 0.4) is 0 Å². The van der Waals surface area contributed by atoms with Crippen LogP contribution in [0.4, 0.5) is 4.79 Å². The Kier molecular flexibility index (Phi) is 36.5. The molecule has 0 atom stereocenters. The normalized spacial score (nSPS) is 4.00. The second-order valence-corrected chi connectivity index (χ2v) is 0.402. The molecule has 0 aliphatic heterocycles. The van der Waals surface area contributed by atoms with E-state index in [1.807, 2.05) is 0 Å². The zero-order valence-corrected chi connectivity index (χ0v) is 3.48. The van der Waals surface area contributed by atoms with Crippen LogP contribution in [-0.2, 0) is 0 Å². The van der Waals surface area contributed by atoms with E-state index in [4.69, 9.17) is 4.79 Å². The molecule has 0 radical (unpaired) electrons. The number of hydrogen-bond donors (Lipinski definition) is 2. The van der Waals surface area contributed by atoms with E-state index in [-0.39, 0.29) is 37.7 Å². The summed E-state index contributed by atoms with van der Waals surface area (Å²) in [5.41, 5.74) is 8.50. The molecule has 0 aromatic rings. The fraction of sp³-hybridized carbons (Fsp3) is 0. The van der Waals surface area contributed by atoms with Gasteiger partial charge in [-0.25, -0.2) is 4.79 Å². The summed E-state index contributed by atoms with van der Waals surface area (Å²) in [6.45, 7) is 6.00. The predicted molar refractivity (Wildman–Crippen MR) is 33.6 cm³/mol. The van der Waals surface area contributed by atoms with E-state index >= 15 is 0 Å². The van der Waals surface area contributed by atoms with Crippen LogP contribution in [0.5, 0.6) is 0 Å². The van der Waals surface area contributed by atoms with Crippen molar-refractivity contribution >= 4 is 43.8 Å². The summed E-state index contributed by atoms with van der Waals surface area (Å²) in [6, 6.07) is -0.833. The van der Waals surface area contributed by atoms with Crippen LogP contribution in [-0.4, -0.2) is 43.8 Å². The summed E-state index contributed by atoms with van der Waals surface area (Å²) in [7, 11) is 0. The summed E-state index contributed by atoms with van der Waals surface area (Å²) in [5, 5.41) is 0. The molecular formula is C3H10CaN2O. The molecule has 7 heavy (non-hydrogen) atoms. The number of urea groups is 1. The topological polar surface area (TPSA) is 69.1 Å². The van der Waals surface area contributed by atoms with E-state index in [1.54, 1.807) is 0 Å². The van der Waals surface area contributed by atoms with Crippen molar-refractivity contribution in [3.8, 4) is 0 Å². The number of amides is 2. The van der Waals surface area contributed by atoms with Crippen LogP contribution < -0.4 is 11.5 Å². The van der Waals surface area contributed by atoms with Gasteiger partial charge in [-0.15, -0.1) is 13.2 Å². The maximum atomic E-state index is 9.00. The van der Waals surface area contributed by atoms with E-state index in [2.05, 4.69) is 24.6 Å². The molecule has 0 saturated carbocycles. The van der Waals surface area contributed by atoms with Gasteiger partial charge < -0.3 is 11.5 Å². The Bertz CT molecular complexity index is 44.2. The molecule has 0 aromatic heterocycles. The fourth-order valence-corrected chi connectivity index (χ4v) is 0. The van der Waals surface area contributed by atoms with Crippen molar-refractivity contribution < 1.29 is 4.79 Å². The Morgan fingerprint density at radius 3 is 1.29 bits per heavy atom. The van der Waals surface area contributed by atoms with Gasteiger partial charge in [0, 0.05) is 0 Å². The van der Waals surface area contributed by atoms with Gasteiger partial charge in [0.2, 0.25) is 0 Å². The number of primary amides is 2. The van der Waals surface area contributed by atoms with Crippen molar-refractivity contribution in [3.63, 3.8) is 0 Å². The molecule has 2 amide bonds. The molecule has 0 rings (SSSR count). The van der Waals surface area contributed by atoms with Crippen LogP contribution in [0, 0.1) is 0 Å². The van der Waals surface area contributed by atoms with Gasteiger partial charge >= 0.3 is 43.8 Å². The molecule has 0 bridgehead atoms. The van der Waals surface area contributed by atoms with Crippen molar-refractivity contribution in [2.75, 3.05) is 0 Å². The molecular weight excluding hydrogens is 120 g/mol. The minimum absolute atomic E-state index is 0. The molecule has 0 aliphatic rings. The monoisotopic (exact) mass is 130 g/mol. The van der Waals surface area contributed by atoms with Gasteiger partial charge in [0.1, 0.15) is 0 Å². The first-order valence-electron chi connectivity index (χ1n) is 1.28. The molecule has 4 heteroatoms. The van der Waals surface area contributed by atoms with Gasteiger partial charge in [-0.05, 0) is 0 Å².